The molecule has 0 spiro atoms. The largest absolute Gasteiger partial charge is 0.354 e. The van der Waals surface area contributed by atoms with E-state index < -0.39 is 0 Å². The molecule has 1 fully saturated rings. The number of hydrogen-bond donors (Lipinski definition) is 1. The highest BCUT2D eigenvalue weighted by atomic mass is 15.2. The minimum atomic E-state index is 0.0714. The molecule has 1 atom stereocenters. The van der Waals surface area contributed by atoms with Crippen LogP contribution in [0.1, 0.15) is 44.7 Å². The molecule has 0 aliphatic heterocycles. The molecule has 0 unspecified atom stereocenters. The van der Waals surface area contributed by atoms with Gasteiger partial charge in [0.25, 0.3) is 0 Å². The van der Waals surface area contributed by atoms with Crippen molar-refractivity contribution in [3.05, 3.63) is 23.9 Å². The Bertz CT molecular complexity index is 328. The van der Waals surface area contributed by atoms with Crippen molar-refractivity contribution < 1.29 is 0 Å². The van der Waals surface area contributed by atoms with Crippen molar-refractivity contribution in [2.75, 3.05) is 11.4 Å². The van der Waals surface area contributed by atoms with Crippen LogP contribution in [0.4, 0.5) is 5.82 Å². The second kappa shape index (κ2) is 4.83. The number of aromatic nitrogens is 1. The maximum absolute atomic E-state index is 5.82. The van der Waals surface area contributed by atoms with Crippen molar-refractivity contribution in [1.29, 1.82) is 0 Å². The molecule has 0 radical (unpaired) electrons. The van der Waals surface area contributed by atoms with E-state index in [1.807, 2.05) is 13.1 Å². The number of hydrogen-bond acceptors (Lipinski definition) is 3. The summed E-state index contributed by atoms with van der Waals surface area (Å²) in [6, 6.07) is 5.00. The Kier molecular flexibility index (Phi) is 3.44. The monoisotopic (exact) mass is 219 g/mol. The van der Waals surface area contributed by atoms with E-state index in [9.17, 15) is 0 Å². The summed E-state index contributed by atoms with van der Waals surface area (Å²) in [5.41, 5.74) is 6.92. The molecular weight excluding hydrogens is 198 g/mol. The number of anilines is 1. The van der Waals surface area contributed by atoms with E-state index in [0.29, 0.717) is 0 Å². The van der Waals surface area contributed by atoms with Crippen LogP contribution in [0.5, 0.6) is 0 Å². The molecule has 2 N–H and O–H groups in total. The highest BCUT2D eigenvalue weighted by Crippen LogP contribution is 2.30. The first-order valence-corrected chi connectivity index (χ1v) is 6.20. The zero-order chi connectivity index (χ0) is 11.5. The van der Waals surface area contributed by atoms with E-state index >= 15 is 0 Å². The smallest absolute Gasteiger partial charge is 0.128 e. The van der Waals surface area contributed by atoms with Gasteiger partial charge in [-0.05, 0) is 37.8 Å². The second-order valence-corrected chi connectivity index (χ2v) is 4.66. The topological polar surface area (TPSA) is 42.1 Å². The van der Waals surface area contributed by atoms with Crippen LogP contribution < -0.4 is 10.6 Å². The van der Waals surface area contributed by atoms with Gasteiger partial charge in [0.1, 0.15) is 5.82 Å². The molecule has 3 nitrogen and oxygen atoms in total. The highest BCUT2D eigenvalue weighted by molar-refractivity contribution is 5.42. The fourth-order valence-corrected chi connectivity index (χ4v) is 1.95. The van der Waals surface area contributed by atoms with Gasteiger partial charge in [-0.15, -0.1) is 0 Å². The van der Waals surface area contributed by atoms with Crippen LogP contribution in [-0.4, -0.2) is 17.6 Å². The summed E-state index contributed by atoms with van der Waals surface area (Å²) >= 11 is 0. The van der Waals surface area contributed by atoms with Gasteiger partial charge < -0.3 is 10.6 Å². The minimum absolute atomic E-state index is 0.0714. The molecule has 2 rings (SSSR count). The Hall–Kier alpha value is -1.09. The van der Waals surface area contributed by atoms with Crippen molar-refractivity contribution in [3.8, 4) is 0 Å². The maximum atomic E-state index is 5.82. The van der Waals surface area contributed by atoms with Crippen LogP contribution >= 0.6 is 0 Å². The number of nitrogens with zero attached hydrogens (tertiary/aromatic N) is 2. The predicted molar refractivity (Wildman–Crippen MR) is 67.5 cm³/mol. The standard InChI is InChI=1S/C13H21N3/c1-3-8-16(12-5-6-12)13-7-4-11(9-15-13)10(2)14/h4,7,9-10,12H,3,5-6,8,14H2,1-2H3/t10-/m1/s1. The number of pyridine rings is 1. The lowest BCUT2D eigenvalue weighted by atomic mass is 10.1. The molecule has 88 valence electrons. The van der Waals surface area contributed by atoms with Crippen molar-refractivity contribution in [1.82, 2.24) is 4.98 Å². The van der Waals surface area contributed by atoms with E-state index in [1.54, 1.807) is 0 Å². The third-order valence-electron chi connectivity index (χ3n) is 3.04. The van der Waals surface area contributed by atoms with E-state index in [-0.39, 0.29) is 6.04 Å². The minimum Gasteiger partial charge on any atom is -0.354 e. The van der Waals surface area contributed by atoms with Gasteiger partial charge in [-0.2, -0.15) is 0 Å². The lowest BCUT2D eigenvalue weighted by Gasteiger charge is -2.23. The Balaban J connectivity index is 2.11. The van der Waals surface area contributed by atoms with Gasteiger partial charge in [-0.1, -0.05) is 13.0 Å². The average Bonchev–Trinajstić information content (AvgIpc) is 3.10. The van der Waals surface area contributed by atoms with Gasteiger partial charge in [-0.3, -0.25) is 0 Å². The van der Waals surface area contributed by atoms with Crippen molar-refractivity contribution >= 4 is 5.82 Å². The third-order valence-corrected chi connectivity index (χ3v) is 3.04. The van der Waals surface area contributed by atoms with Crippen molar-refractivity contribution in [2.45, 2.75) is 45.2 Å². The highest BCUT2D eigenvalue weighted by Gasteiger charge is 2.29. The van der Waals surface area contributed by atoms with Gasteiger partial charge in [0.15, 0.2) is 0 Å². The molecule has 0 aromatic carbocycles. The summed E-state index contributed by atoms with van der Waals surface area (Å²) in [6.45, 7) is 5.31. The number of rotatable bonds is 5. The summed E-state index contributed by atoms with van der Waals surface area (Å²) in [7, 11) is 0. The van der Waals surface area contributed by atoms with E-state index in [4.69, 9.17) is 5.73 Å². The van der Waals surface area contributed by atoms with Crippen LogP contribution in [0.15, 0.2) is 18.3 Å². The molecule has 0 saturated heterocycles. The SMILES string of the molecule is CCCN(c1ccc([C@@H](C)N)cn1)C1CC1. The molecular formula is C13H21N3. The average molecular weight is 219 g/mol. The van der Waals surface area contributed by atoms with E-state index in [1.165, 1.54) is 19.3 Å². The molecule has 0 bridgehead atoms. The summed E-state index contributed by atoms with van der Waals surface area (Å²) in [6.07, 6.45) is 5.71. The fourth-order valence-electron chi connectivity index (χ4n) is 1.95. The molecule has 1 aliphatic rings. The Morgan fingerprint density at radius 2 is 2.25 bits per heavy atom. The fraction of sp³-hybridized carbons (Fsp3) is 0.615. The zero-order valence-corrected chi connectivity index (χ0v) is 10.2. The van der Waals surface area contributed by atoms with Crippen LogP contribution in [0, 0.1) is 0 Å². The summed E-state index contributed by atoms with van der Waals surface area (Å²) in [5.74, 6) is 1.11. The molecule has 3 heteroatoms. The van der Waals surface area contributed by atoms with Gasteiger partial charge >= 0.3 is 0 Å². The lowest BCUT2D eigenvalue weighted by Crippen LogP contribution is -2.27. The Labute approximate surface area is 97.7 Å². The molecule has 1 aromatic heterocycles. The molecule has 1 saturated carbocycles. The first-order chi connectivity index (χ1) is 7.72. The van der Waals surface area contributed by atoms with Crippen LogP contribution in [-0.2, 0) is 0 Å². The van der Waals surface area contributed by atoms with Crippen LogP contribution in [0.2, 0.25) is 0 Å². The van der Waals surface area contributed by atoms with Gasteiger partial charge in [0.2, 0.25) is 0 Å². The van der Waals surface area contributed by atoms with Gasteiger partial charge in [0.05, 0.1) is 0 Å². The van der Waals surface area contributed by atoms with Crippen LogP contribution in [0.3, 0.4) is 0 Å². The maximum Gasteiger partial charge on any atom is 0.128 e. The van der Waals surface area contributed by atoms with Crippen molar-refractivity contribution in [2.24, 2.45) is 5.73 Å². The normalized spacial score (nSPS) is 17.2. The Morgan fingerprint density at radius 3 is 2.69 bits per heavy atom. The second-order valence-electron chi connectivity index (χ2n) is 4.66. The van der Waals surface area contributed by atoms with Gasteiger partial charge in [-0.25, -0.2) is 4.98 Å². The molecule has 1 heterocycles. The molecule has 1 aromatic rings. The molecule has 0 amide bonds. The molecule has 16 heavy (non-hydrogen) atoms. The Morgan fingerprint density at radius 1 is 1.50 bits per heavy atom. The summed E-state index contributed by atoms with van der Waals surface area (Å²) < 4.78 is 0. The van der Waals surface area contributed by atoms with Gasteiger partial charge in [0, 0.05) is 24.8 Å². The summed E-state index contributed by atoms with van der Waals surface area (Å²) in [4.78, 5) is 6.95. The first kappa shape index (κ1) is 11.4. The van der Waals surface area contributed by atoms with Crippen molar-refractivity contribution in [3.63, 3.8) is 0 Å². The van der Waals surface area contributed by atoms with Crippen LogP contribution in [0.25, 0.3) is 0 Å². The number of nitrogens with two attached hydrogens (primary N) is 1. The molecule has 1 aliphatic carbocycles. The van der Waals surface area contributed by atoms with E-state index in [2.05, 4.69) is 28.9 Å². The lowest BCUT2D eigenvalue weighted by molar-refractivity contribution is 0.746. The predicted octanol–water partition coefficient (Wildman–Crippen LogP) is 2.48. The quantitative estimate of drug-likeness (QED) is 0.827. The summed E-state index contributed by atoms with van der Waals surface area (Å²) in [5, 5.41) is 0. The zero-order valence-electron chi connectivity index (χ0n) is 10.2. The van der Waals surface area contributed by atoms with E-state index in [0.717, 1.165) is 24.0 Å². The first-order valence-electron chi connectivity index (χ1n) is 6.20. The third kappa shape index (κ3) is 2.53.